The van der Waals surface area contributed by atoms with Crippen LogP contribution in [0.3, 0.4) is 0 Å². The van der Waals surface area contributed by atoms with Crippen molar-refractivity contribution in [3.05, 3.63) is 237 Å². The fraction of sp³-hybridized carbons (Fsp3) is 0.381. The summed E-state index contributed by atoms with van der Waals surface area (Å²) >= 11 is 0. The zero-order valence-electron chi connectivity index (χ0n) is 60.2. The minimum atomic E-state index is -0.471. The van der Waals surface area contributed by atoms with Crippen LogP contribution in [0.2, 0.25) is 0 Å². The third-order valence-electron chi connectivity index (χ3n) is 18.9. The third-order valence-corrected chi connectivity index (χ3v) is 18.9. The fourth-order valence-corrected chi connectivity index (χ4v) is 13.8. The van der Waals surface area contributed by atoms with Crippen molar-refractivity contribution in [1.29, 1.82) is 0 Å². The monoisotopic (exact) mass is 1360 g/mol. The van der Waals surface area contributed by atoms with Crippen molar-refractivity contribution >= 4 is 23.6 Å². The summed E-state index contributed by atoms with van der Waals surface area (Å²) in [7, 11) is 6.54. The molecule has 8 aromatic carbocycles. The average molecular weight is 1360 g/mol. The van der Waals surface area contributed by atoms with Crippen LogP contribution in [-0.4, -0.2) is 78.5 Å². The summed E-state index contributed by atoms with van der Waals surface area (Å²) < 4.78 is 53.6. The first kappa shape index (κ1) is 74.3. The highest BCUT2D eigenvalue weighted by Crippen LogP contribution is 2.53. The molecule has 4 N–H and O–H groups in total. The Bertz CT molecular complexity index is 3490. The van der Waals surface area contributed by atoms with Crippen molar-refractivity contribution in [3.63, 3.8) is 0 Å². The quantitative estimate of drug-likeness (QED) is 0.0313. The van der Waals surface area contributed by atoms with Crippen LogP contribution >= 0.6 is 0 Å². The van der Waals surface area contributed by atoms with Gasteiger partial charge < -0.3 is 59.2 Å². The van der Waals surface area contributed by atoms with E-state index in [0.29, 0.717) is 97.4 Å². The lowest BCUT2D eigenvalue weighted by molar-refractivity contribution is -0.124. The number of hydrogen-bond donors (Lipinski definition) is 4. The summed E-state index contributed by atoms with van der Waals surface area (Å²) in [6, 6.07) is 54.1. The third kappa shape index (κ3) is 18.5. The molecule has 0 saturated carbocycles. The second-order valence-corrected chi connectivity index (χ2v) is 25.8. The molecule has 528 valence electrons. The Hall–Kier alpha value is -9.96. The number of ether oxygens (including phenoxy) is 8. The molecule has 0 spiro atoms. The van der Waals surface area contributed by atoms with Gasteiger partial charge in [0.15, 0.2) is 26.4 Å². The van der Waals surface area contributed by atoms with E-state index in [1.165, 1.54) is 0 Å². The Kier molecular flexibility index (Phi) is 26.9. The van der Waals surface area contributed by atoms with Crippen LogP contribution in [0.4, 0.5) is 0 Å². The molecule has 0 saturated heterocycles. The highest BCUT2D eigenvalue weighted by Gasteiger charge is 2.36. The normalized spacial score (nSPS) is 15.9. The molecule has 0 aromatic heterocycles. The van der Waals surface area contributed by atoms with Crippen LogP contribution < -0.4 is 59.2 Å². The number of fused-ring (bicyclic) bond motifs is 8. The van der Waals surface area contributed by atoms with Gasteiger partial charge in [0.05, 0.1) is 52.6 Å². The summed E-state index contributed by atoms with van der Waals surface area (Å²) in [6.07, 6.45) is 5.16. The molecule has 1 aliphatic rings. The molecular weight excluding hydrogens is 1260 g/mol. The topological polar surface area (TPSA) is 190 Å². The first-order valence-corrected chi connectivity index (χ1v) is 35.3. The molecule has 0 heterocycles. The van der Waals surface area contributed by atoms with E-state index in [4.69, 9.17) is 37.9 Å². The minimum absolute atomic E-state index is 0.305. The highest BCUT2D eigenvalue weighted by molar-refractivity contribution is 5.80. The number of carbonyl (C=O) groups is 4. The van der Waals surface area contributed by atoms with E-state index in [2.05, 4.69) is 73.2 Å². The number of nitrogens with one attached hydrogen (secondary N) is 4. The second kappa shape index (κ2) is 36.2. The predicted molar refractivity (Wildman–Crippen MR) is 393 cm³/mol. The average Bonchev–Trinajstić information content (AvgIpc) is 0.750. The first-order valence-electron chi connectivity index (χ1n) is 35.3. The summed E-state index contributed by atoms with van der Waals surface area (Å²) in [5.74, 6) is 0.592. The molecule has 9 rings (SSSR count). The SMILES string of the molecule is CCC[C@@H]1c2cc(c(OCC(=O)N[C@H](C)c3ccccc3)cc2OC)[C@H](CCC)c2cc(c(OCC(=O)N[C@H](C)c3ccccc3)cc2OC)[C@H](CCC)c2cc(c(OCC(=O)N[C@H](C)c3ccccc3)cc2OC)[C@H](CCC)c2cc1c(OCC(=O)N[C@H](C)c1ccccc1)cc2OC. The number of rotatable bonds is 32. The summed E-state index contributed by atoms with van der Waals surface area (Å²) in [6.45, 7) is 15.1. The lowest BCUT2D eigenvalue weighted by Crippen LogP contribution is -2.31. The lowest BCUT2D eigenvalue weighted by Gasteiger charge is -2.32. The number of hydrogen-bond acceptors (Lipinski definition) is 12. The van der Waals surface area contributed by atoms with E-state index in [1.807, 2.05) is 173 Å². The molecule has 4 amide bonds. The largest absolute Gasteiger partial charge is 0.496 e. The summed E-state index contributed by atoms with van der Waals surface area (Å²) in [5.41, 5.74) is 10.1. The fourth-order valence-electron chi connectivity index (χ4n) is 13.8. The molecule has 8 aromatic rings. The van der Waals surface area contributed by atoms with Crippen molar-refractivity contribution in [3.8, 4) is 46.0 Å². The van der Waals surface area contributed by atoms with Crippen LogP contribution in [0, 0.1) is 0 Å². The van der Waals surface area contributed by atoms with Crippen molar-refractivity contribution < 1.29 is 57.1 Å². The maximum Gasteiger partial charge on any atom is 0.258 e. The molecular formula is C84H100N4O12. The van der Waals surface area contributed by atoms with Crippen molar-refractivity contribution in [2.45, 2.75) is 155 Å². The molecule has 0 aliphatic heterocycles. The van der Waals surface area contributed by atoms with Gasteiger partial charge in [-0.25, -0.2) is 0 Å². The Labute approximate surface area is 591 Å². The number of carbonyl (C=O) groups excluding carboxylic acids is 4. The molecule has 0 fully saturated rings. The number of amides is 4. The Morgan fingerprint density at radius 3 is 0.640 bits per heavy atom. The zero-order chi connectivity index (χ0) is 71.2. The van der Waals surface area contributed by atoms with E-state index < -0.39 is 23.7 Å². The first-order chi connectivity index (χ1) is 48.5. The van der Waals surface area contributed by atoms with Gasteiger partial charge >= 0.3 is 0 Å². The predicted octanol–water partition coefficient (Wildman–Crippen LogP) is 16.8. The van der Waals surface area contributed by atoms with E-state index in [-0.39, 0.29) is 74.2 Å². The molecule has 0 radical (unpaired) electrons. The number of benzene rings is 8. The van der Waals surface area contributed by atoms with Crippen molar-refractivity contribution in [2.75, 3.05) is 54.9 Å². The van der Waals surface area contributed by atoms with Gasteiger partial charge in [-0.05, 0) is 99.9 Å². The minimum Gasteiger partial charge on any atom is -0.496 e. The van der Waals surface area contributed by atoms with Gasteiger partial charge in [0.25, 0.3) is 23.6 Å². The standard InChI is InChI=1S/C84H100N4O12/c1-13-29-61-65-41-70(78(45-73(65)93-9)98-50-82(90)86-54(6)58-35-23-18-24-36-58)63(31-15-3)67-43-72(80(47-75(67)95-11)100-52-84(92)88-56(8)60-39-27-20-28-40-60)64(32-16-4)68-44-71(79(48-76(68)96-12)99-51-83(91)87-55(7)59-37-25-19-26-38-59)62(30-14-2)66-42-69(61)77(46-74(66)94-10)97-49-81(89)85-53(5)57-33-21-17-22-34-57/h17-28,33-48,53-56,61-64H,13-16,29-32,49-52H2,1-12H3,(H,85,89)(H,86,90)(H,87,91)(H,88,92)/t53-,54-,55-,56-,61-,62-,63-,64-/m1/s1. The smallest absolute Gasteiger partial charge is 0.258 e. The van der Waals surface area contributed by atoms with Gasteiger partial charge in [-0.1, -0.05) is 175 Å². The highest BCUT2D eigenvalue weighted by atomic mass is 16.5. The van der Waals surface area contributed by atoms with Crippen LogP contribution in [0.5, 0.6) is 46.0 Å². The molecule has 0 unspecified atom stereocenters. The van der Waals surface area contributed by atoms with E-state index in [1.54, 1.807) is 28.4 Å². The Morgan fingerprint density at radius 1 is 0.290 bits per heavy atom. The molecule has 1 aliphatic carbocycles. The molecule has 16 nitrogen and oxygen atoms in total. The van der Waals surface area contributed by atoms with Crippen LogP contribution in [0.25, 0.3) is 0 Å². The van der Waals surface area contributed by atoms with Gasteiger partial charge in [0.2, 0.25) is 0 Å². The van der Waals surface area contributed by atoms with Gasteiger partial charge in [0, 0.05) is 92.4 Å². The van der Waals surface area contributed by atoms with E-state index in [0.717, 1.165) is 66.8 Å². The van der Waals surface area contributed by atoms with Gasteiger partial charge in [-0.3, -0.25) is 19.2 Å². The lowest BCUT2D eigenvalue weighted by atomic mass is 9.76. The van der Waals surface area contributed by atoms with Crippen LogP contribution in [0.1, 0.15) is 221 Å². The van der Waals surface area contributed by atoms with Crippen LogP contribution in [-0.2, 0) is 19.2 Å². The Morgan fingerprint density at radius 2 is 0.470 bits per heavy atom. The van der Waals surface area contributed by atoms with Gasteiger partial charge in [0.1, 0.15) is 46.0 Å². The summed E-state index contributed by atoms with van der Waals surface area (Å²) in [4.78, 5) is 56.9. The number of methoxy groups -OCH3 is 4. The van der Waals surface area contributed by atoms with Gasteiger partial charge in [-0.15, -0.1) is 0 Å². The van der Waals surface area contributed by atoms with Gasteiger partial charge in [-0.2, -0.15) is 0 Å². The molecule has 8 bridgehead atoms. The van der Waals surface area contributed by atoms with Crippen molar-refractivity contribution in [2.24, 2.45) is 0 Å². The van der Waals surface area contributed by atoms with E-state index in [9.17, 15) is 19.2 Å². The zero-order valence-corrected chi connectivity index (χ0v) is 60.2. The molecule has 16 heteroatoms. The van der Waals surface area contributed by atoms with E-state index >= 15 is 0 Å². The molecule has 100 heavy (non-hydrogen) atoms. The van der Waals surface area contributed by atoms with Crippen molar-refractivity contribution in [1.82, 2.24) is 21.3 Å². The molecule has 8 atom stereocenters. The summed E-state index contributed by atoms with van der Waals surface area (Å²) in [5, 5.41) is 12.6. The Balaban J connectivity index is 1.32. The maximum atomic E-state index is 14.2. The second-order valence-electron chi connectivity index (χ2n) is 25.8. The van der Waals surface area contributed by atoms with Crippen LogP contribution in [0.15, 0.2) is 170 Å². The maximum absolute atomic E-state index is 14.2.